The van der Waals surface area contributed by atoms with Gasteiger partial charge < -0.3 is 15.1 Å². The summed E-state index contributed by atoms with van der Waals surface area (Å²) in [5, 5.41) is 38.5. The summed E-state index contributed by atoms with van der Waals surface area (Å²) in [5.41, 5.74) is -0.873. The van der Waals surface area contributed by atoms with Gasteiger partial charge in [0, 0.05) is 11.4 Å². The van der Waals surface area contributed by atoms with Crippen LogP contribution in [0.4, 0.5) is 5.69 Å². The van der Waals surface area contributed by atoms with E-state index in [1.54, 1.807) is 18.2 Å². The van der Waals surface area contributed by atoms with Crippen LogP contribution in [-0.4, -0.2) is 56.6 Å². The summed E-state index contributed by atoms with van der Waals surface area (Å²) >= 11 is 2.82. The first-order valence-corrected chi connectivity index (χ1v) is 17.4. The maximum Gasteiger partial charge on any atom is 0.323 e. The summed E-state index contributed by atoms with van der Waals surface area (Å²) in [6.45, 7) is 2.14. The molecule has 0 unspecified atom stereocenters. The summed E-state index contributed by atoms with van der Waals surface area (Å²) in [4.78, 5) is 53.4. The minimum Gasteiger partial charge on any atom is -0.480 e. The molecule has 0 spiro atoms. The van der Waals surface area contributed by atoms with Gasteiger partial charge in [-0.3, -0.25) is 32.9 Å². The van der Waals surface area contributed by atoms with Crippen LogP contribution in [-0.2, 0) is 32.8 Å². The number of nitrogens with zero attached hydrogens (tertiary/aromatic N) is 5. The predicted molar refractivity (Wildman–Crippen MR) is 171 cm³/mol. The maximum absolute atomic E-state index is 13.9. The second-order valence-corrected chi connectivity index (χ2v) is 14.7. The lowest BCUT2D eigenvalue weighted by molar-refractivity contribution is -0.138. The van der Waals surface area contributed by atoms with E-state index in [-0.39, 0.29) is 37.3 Å². The van der Waals surface area contributed by atoms with E-state index < -0.39 is 57.6 Å². The van der Waals surface area contributed by atoms with Gasteiger partial charge in [0.1, 0.15) is 39.1 Å². The van der Waals surface area contributed by atoms with E-state index in [1.807, 2.05) is 43.0 Å². The molecule has 3 aromatic rings. The fourth-order valence-corrected chi connectivity index (χ4v) is 8.76. The monoisotopic (exact) mass is 703 g/mol. The SMILES string of the molecule is CC(C)C(/C=C1\Sc2ccccc2N1CCCS(=O)(=O)O)=c1\s/c(=c2\sc(=C(C#N)C#N)n(CC(=O)O)c2=O)n(CC(=O)O)c1=O. The van der Waals surface area contributed by atoms with Gasteiger partial charge >= 0.3 is 11.9 Å². The minimum absolute atomic E-state index is 0.0815. The lowest BCUT2D eigenvalue weighted by Gasteiger charge is -2.21. The third kappa shape index (κ3) is 7.33. The van der Waals surface area contributed by atoms with Gasteiger partial charge in [-0.15, -0.1) is 22.7 Å². The van der Waals surface area contributed by atoms with Crippen molar-refractivity contribution in [1.29, 1.82) is 10.5 Å². The van der Waals surface area contributed by atoms with Crippen LogP contribution < -0.4 is 25.2 Å². The number of anilines is 1. The van der Waals surface area contributed by atoms with Gasteiger partial charge in [0.25, 0.3) is 21.2 Å². The zero-order chi connectivity index (χ0) is 33.9. The topological polar surface area (TPSA) is 224 Å². The number of nitriles is 2. The van der Waals surface area contributed by atoms with Crippen molar-refractivity contribution in [1.82, 2.24) is 9.13 Å². The van der Waals surface area contributed by atoms with Gasteiger partial charge in [0.15, 0.2) is 5.57 Å². The van der Waals surface area contributed by atoms with Crippen molar-refractivity contribution in [2.24, 2.45) is 5.92 Å². The van der Waals surface area contributed by atoms with E-state index in [9.17, 15) is 52.9 Å². The Hall–Kier alpha value is -4.46. The van der Waals surface area contributed by atoms with Crippen molar-refractivity contribution in [2.45, 2.75) is 38.3 Å². The third-order valence-corrected chi connectivity index (χ3v) is 11.0. The number of hydrogen-bond acceptors (Lipinski definition) is 12. The van der Waals surface area contributed by atoms with Crippen LogP contribution >= 0.6 is 34.4 Å². The molecule has 0 bridgehead atoms. The summed E-state index contributed by atoms with van der Waals surface area (Å²) in [6.07, 6.45) is 1.84. The maximum atomic E-state index is 13.9. The molecule has 2 aromatic heterocycles. The Kier molecular flexibility index (Phi) is 10.4. The number of aromatic nitrogens is 2. The van der Waals surface area contributed by atoms with E-state index in [0.717, 1.165) is 31.1 Å². The van der Waals surface area contributed by atoms with Crippen LogP contribution in [0.5, 0.6) is 0 Å². The molecule has 3 heterocycles. The molecule has 1 aromatic carbocycles. The molecule has 46 heavy (non-hydrogen) atoms. The Morgan fingerprint density at radius 3 is 2.22 bits per heavy atom. The quantitative estimate of drug-likeness (QED) is 0.254. The molecule has 0 saturated carbocycles. The minimum atomic E-state index is -4.20. The number of carbonyl (C=O) groups is 2. The number of thioether (sulfide) groups is 1. The van der Waals surface area contributed by atoms with Crippen molar-refractivity contribution < 1.29 is 32.8 Å². The molecular formula is C28H25N5O9S4. The zero-order valence-electron chi connectivity index (χ0n) is 24.2. The highest BCUT2D eigenvalue weighted by molar-refractivity contribution is 8.03. The lowest BCUT2D eigenvalue weighted by atomic mass is 10.0. The number of fused-ring (bicyclic) bond motifs is 1. The smallest absolute Gasteiger partial charge is 0.323 e. The summed E-state index contributed by atoms with van der Waals surface area (Å²) < 4.78 is 33.2. The van der Waals surface area contributed by atoms with Crippen molar-refractivity contribution in [3.05, 3.63) is 74.5 Å². The number of allylic oxidation sites excluding steroid dienone is 1. The molecule has 18 heteroatoms. The van der Waals surface area contributed by atoms with Gasteiger partial charge in [-0.1, -0.05) is 37.7 Å². The second kappa shape index (κ2) is 13.9. The standard InChI is InChI=1S/C28H25N5O9S4/c1-15(2)17(10-20-31(8-5-9-46(40,41)42)18-6-3-4-7-19(18)43-20)23-25(38)33(14-22(36)37)28(44-23)24-26(39)32(13-21(34)35)27(45-24)16(11-29)12-30/h3-4,6-7,10,15H,5,8-9,13-14H2,1-2H3,(H,34,35)(H,36,37)(H,40,41,42)/b20-10-,23-17-,28-24-. The molecule has 1 aliphatic rings. The number of para-hydroxylation sites is 1. The summed E-state index contributed by atoms with van der Waals surface area (Å²) in [5.74, 6) is -3.57. The number of thiazole rings is 2. The number of carboxylic acid groups (broad SMARTS) is 2. The fourth-order valence-electron chi connectivity index (χ4n) is 4.59. The molecule has 3 N–H and O–H groups in total. The van der Waals surface area contributed by atoms with E-state index in [0.29, 0.717) is 21.9 Å². The lowest BCUT2D eigenvalue weighted by Crippen LogP contribution is -2.32. The van der Waals surface area contributed by atoms with Gasteiger partial charge in [0.2, 0.25) is 0 Å². The molecule has 0 aliphatic carbocycles. The van der Waals surface area contributed by atoms with E-state index in [2.05, 4.69) is 0 Å². The fraction of sp³-hybridized carbons (Fsp3) is 0.286. The Morgan fingerprint density at radius 2 is 1.63 bits per heavy atom. The molecule has 0 radical (unpaired) electrons. The van der Waals surface area contributed by atoms with Crippen LogP contribution in [0.2, 0.25) is 0 Å². The van der Waals surface area contributed by atoms with E-state index in [1.165, 1.54) is 11.8 Å². The van der Waals surface area contributed by atoms with E-state index >= 15 is 0 Å². The van der Waals surface area contributed by atoms with Crippen LogP contribution in [0.25, 0.3) is 11.1 Å². The molecule has 0 amide bonds. The van der Waals surface area contributed by atoms with Gasteiger partial charge in [-0.25, -0.2) is 0 Å². The first-order valence-electron chi connectivity index (χ1n) is 13.3. The van der Waals surface area contributed by atoms with Crippen molar-refractivity contribution in [3.8, 4) is 12.1 Å². The number of rotatable bonds is 10. The van der Waals surface area contributed by atoms with Crippen molar-refractivity contribution in [3.63, 3.8) is 0 Å². The second-order valence-electron chi connectivity index (χ2n) is 10.1. The Labute approximate surface area is 272 Å². The van der Waals surface area contributed by atoms with Crippen molar-refractivity contribution >= 4 is 73.3 Å². The molecule has 1 aliphatic heterocycles. The Morgan fingerprint density at radius 1 is 1.00 bits per heavy atom. The first kappa shape index (κ1) is 34.4. The van der Waals surface area contributed by atoms with E-state index in [4.69, 9.17) is 0 Å². The number of carboxylic acids is 2. The molecule has 4 rings (SSSR count). The van der Waals surface area contributed by atoms with Crippen molar-refractivity contribution in [2.75, 3.05) is 17.2 Å². The zero-order valence-corrected chi connectivity index (χ0v) is 27.4. The summed E-state index contributed by atoms with van der Waals surface area (Å²) in [7, 11) is -4.20. The highest BCUT2D eigenvalue weighted by atomic mass is 32.2. The first-order chi connectivity index (χ1) is 21.7. The number of hydrogen-bond donors (Lipinski definition) is 3. The largest absolute Gasteiger partial charge is 0.480 e. The number of benzene rings is 1. The predicted octanol–water partition coefficient (Wildman–Crippen LogP) is 1.33. The molecule has 0 saturated heterocycles. The van der Waals surface area contributed by atoms with Crippen LogP contribution in [0.1, 0.15) is 20.3 Å². The Balaban J connectivity index is 2.09. The third-order valence-electron chi connectivity index (χ3n) is 6.57. The molecular weight excluding hydrogens is 679 g/mol. The average Bonchev–Trinajstić information content (AvgIpc) is 3.58. The van der Waals surface area contributed by atoms with Crippen LogP contribution in [0.15, 0.2) is 49.9 Å². The molecule has 0 atom stereocenters. The highest BCUT2D eigenvalue weighted by Gasteiger charge is 2.26. The molecule has 0 fully saturated rings. The Bertz CT molecular complexity index is 2300. The van der Waals surface area contributed by atoms with Crippen LogP contribution in [0, 0.1) is 37.8 Å². The highest BCUT2D eigenvalue weighted by Crippen LogP contribution is 2.46. The van der Waals surface area contributed by atoms with Gasteiger partial charge in [0.05, 0.1) is 21.0 Å². The normalized spacial score (nSPS) is 15.0. The van der Waals surface area contributed by atoms with Crippen LogP contribution in [0.3, 0.4) is 0 Å². The summed E-state index contributed by atoms with van der Waals surface area (Å²) in [6, 6.07) is 10.6. The molecule has 14 nitrogen and oxygen atoms in total. The van der Waals surface area contributed by atoms with Gasteiger partial charge in [-0.2, -0.15) is 18.9 Å². The van der Waals surface area contributed by atoms with Gasteiger partial charge in [-0.05, 0) is 36.1 Å². The number of aliphatic carboxylic acids is 2. The molecule has 240 valence electrons. The average molecular weight is 704 g/mol.